The largest absolute Gasteiger partial charge is 0.347 e. The smallest absolute Gasteiger partial charge is 0.262 e. The number of hydrogen-bond acceptors (Lipinski definition) is 4. The van der Waals surface area contributed by atoms with Crippen molar-refractivity contribution < 1.29 is 4.79 Å². The highest BCUT2D eigenvalue weighted by molar-refractivity contribution is 7.18. The number of aromatic nitrogens is 2. The van der Waals surface area contributed by atoms with Gasteiger partial charge in [0.2, 0.25) is 5.91 Å². The molecule has 0 aliphatic rings. The molecule has 6 heteroatoms. The maximum absolute atomic E-state index is 12.3. The molecule has 0 N–H and O–H groups in total. The second-order valence-corrected chi connectivity index (χ2v) is 5.63. The van der Waals surface area contributed by atoms with E-state index in [-0.39, 0.29) is 18.0 Å². The summed E-state index contributed by atoms with van der Waals surface area (Å²) in [5.41, 5.74) is 0.816. The molecule has 0 fully saturated rings. The topological polar surface area (TPSA) is 55.2 Å². The van der Waals surface area contributed by atoms with E-state index < -0.39 is 0 Å². The lowest BCUT2D eigenvalue weighted by molar-refractivity contribution is -0.129. The van der Waals surface area contributed by atoms with E-state index in [1.807, 2.05) is 13.8 Å². The molecule has 0 atom stereocenters. The fourth-order valence-electron chi connectivity index (χ4n) is 1.67. The van der Waals surface area contributed by atoms with Gasteiger partial charge in [-0.25, -0.2) is 4.98 Å². The highest BCUT2D eigenvalue weighted by Crippen LogP contribution is 2.25. The first-order valence-corrected chi connectivity index (χ1v) is 6.38. The number of fused-ring (bicyclic) bond motifs is 1. The molecule has 2 aromatic rings. The van der Waals surface area contributed by atoms with E-state index in [0.717, 1.165) is 15.3 Å². The Morgan fingerprint density at radius 1 is 1.44 bits per heavy atom. The Kier molecular flexibility index (Phi) is 3.21. The Labute approximate surface area is 109 Å². The molecule has 0 bridgehead atoms. The van der Waals surface area contributed by atoms with Gasteiger partial charge in [0.15, 0.2) is 0 Å². The van der Waals surface area contributed by atoms with Gasteiger partial charge in [0.05, 0.1) is 11.7 Å². The van der Waals surface area contributed by atoms with Gasteiger partial charge in [-0.2, -0.15) is 0 Å². The maximum Gasteiger partial charge on any atom is 0.262 e. The summed E-state index contributed by atoms with van der Waals surface area (Å²) in [5, 5.41) is 0.631. The summed E-state index contributed by atoms with van der Waals surface area (Å²) in [6, 6.07) is 0. The Balaban J connectivity index is 2.55. The van der Waals surface area contributed by atoms with Gasteiger partial charge in [-0.15, -0.1) is 11.3 Å². The molecule has 1 amide bonds. The van der Waals surface area contributed by atoms with Crippen molar-refractivity contribution in [3.8, 4) is 0 Å². The molecule has 0 aliphatic heterocycles. The number of thiophene rings is 1. The average Bonchev–Trinajstić information content (AvgIpc) is 2.59. The van der Waals surface area contributed by atoms with E-state index in [9.17, 15) is 9.59 Å². The van der Waals surface area contributed by atoms with E-state index in [1.165, 1.54) is 27.1 Å². The predicted octanol–water partition coefficient (Wildman–Crippen LogP) is 1.16. The number of amides is 1. The lowest BCUT2D eigenvalue weighted by atomic mass is 10.2. The summed E-state index contributed by atoms with van der Waals surface area (Å²) in [7, 11) is 3.33. The molecule has 0 radical (unpaired) electrons. The average molecular weight is 265 g/mol. The van der Waals surface area contributed by atoms with Crippen LogP contribution in [0.1, 0.15) is 10.4 Å². The van der Waals surface area contributed by atoms with Crippen LogP contribution in [0, 0.1) is 13.8 Å². The van der Waals surface area contributed by atoms with Gasteiger partial charge in [-0.3, -0.25) is 14.2 Å². The van der Waals surface area contributed by atoms with Crippen molar-refractivity contribution in [3.05, 3.63) is 27.1 Å². The third-order valence-electron chi connectivity index (χ3n) is 2.96. The molecule has 5 nitrogen and oxygen atoms in total. The Morgan fingerprint density at radius 3 is 2.72 bits per heavy atom. The summed E-state index contributed by atoms with van der Waals surface area (Å²) in [6.45, 7) is 3.91. The van der Waals surface area contributed by atoms with Gasteiger partial charge in [0, 0.05) is 19.0 Å². The first kappa shape index (κ1) is 12.8. The van der Waals surface area contributed by atoms with Crippen molar-refractivity contribution in [1.82, 2.24) is 14.5 Å². The van der Waals surface area contributed by atoms with Crippen LogP contribution in [-0.4, -0.2) is 34.5 Å². The van der Waals surface area contributed by atoms with Gasteiger partial charge < -0.3 is 4.90 Å². The van der Waals surface area contributed by atoms with Crippen molar-refractivity contribution in [3.63, 3.8) is 0 Å². The van der Waals surface area contributed by atoms with Crippen molar-refractivity contribution >= 4 is 27.5 Å². The predicted molar refractivity (Wildman–Crippen MR) is 72.0 cm³/mol. The van der Waals surface area contributed by atoms with E-state index >= 15 is 0 Å². The second-order valence-electron chi connectivity index (χ2n) is 4.43. The molecule has 96 valence electrons. The molecule has 0 aromatic carbocycles. The van der Waals surface area contributed by atoms with Gasteiger partial charge >= 0.3 is 0 Å². The standard InChI is InChI=1S/C12H15N3O2S/c1-7-8(2)18-11-10(7)12(17)15(6-13-11)5-9(16)14(3)4/h6H,5H2,1-4H3. The highest BCUT2D eigenvalue weighted by Gasteiger charge is 2.14. The van der Waals surface area contributed by atoms with E-state index in [4.69, 9.17) is 0 Å². The molecule has 2 rings (SSSR count). The van der Waals surface area contributed by atoms with E-state index in [1.54, 1.807) is 14.1 Å². The molecule has 18 heavy (non-hydrogen) atoms. The Hall–Kier alpha value is -1.69. The van der Waals surface area contributed by atoms with Crippen molar-refractivity contribution in [2.75, 3.05) is 14.1 Å². The van der Waals surface area contributed by atoms with Crippen LogP contribution in [0.5, 0.6) is 0 Å². The van der Waals surface area contributed by atoms with Crippen LogP contribution in [-0.2, 0) is 11.3 Å². The molecule has 0 spiro atoms. The van der Waals surface area contributed by atoms with Gasteiger partial charge in [0.25, 0.3) is 5.56 Å². The van der Waals surface area contributed by atoms with Crippen LogP contribution in [0.4, 0.5) is 0 Å². The second kappa shape index (κ2) is 4.53. The number of rotatable bonds is 2. The van der Waals surface area contributed by atoms with Crippen LogP contribution in [0.3, 0.4) is 0 Å². The van der Waals surface area contributed by atoms with Crippen molar-refractivity contribution in [2.45, 2.75) is 20.4 Å². The molecule has 2 aromatic heterocycles. The Bertz CT molecular complexity index is 670. The minimum Gasteiger partial charge on any atom is -0.347 e. The normalized spacial score (nSPS) is 10.9. The number of nitrogens with zero attached hydrogens (tertiary/aromatic N) is 3. The molecule has 0 aliphatic carbocycles. The van der Waals surface area contributed by atoms with Gasteiger partial charge in [-0.05, 0) is 19.4 Å². The van der Waals surface area contributed by atoms with Crippen molar-refractivity contribution in [1.29, 1.82) is 0 Å². The minimum absolute atomic E-state index is 0.0309. The molecule has 0 saturated carbocycles. The number of likely N-dealkylation sites (N-methyl/N-ethyl adjacent to an activating group) is 1. The van der Waals surface area contributed by atoms with Crippen LogP contribution in [0.2, 0.25) is 0 Å². The third kappa shape index (κ3) is 2.03. The summed E-state index contributed by atoms with van der Waals surface area (Å²) >= 11 is 1.51. The lowest BCUT2D eigenvalue weighted by Crippen LogP contribution is -2.31. The monoisotopic (exact) mass is 265 g/mol. The van der Waals surface area contributed by atoms with Crippen LogP contribution in [0.15, 0.2) is 11.1 Å². The van der Waals surface area contributed by atoms with Crippen LogP contribution < -0.4 is 5.56 Å². The minimum atomic E-state index is -0.142. The first-order valence-electron chi connectivity index (χ1n) is 5.57. The fraction of sp³-hybridized carbons (Fsp3) is 0.417. The number of aryl methyl sites for hydroxylation is 2. The zero-order valence-corrected chi connectivity index (χ0v) is 11.7. The van der Waals surface area contributed by atoms with E-state index in [0.29, 0.717) is 5.39 Å². The SMILES string of the molecule is Cc1sc2ncn(CC(=O)N(C)C)c(=O)c2c1C. The number of hydrogen-bond donors (Lipinski definition) is 0. The number of carbonyl (C=O) groups is 1. The summed E-state index contributed by atoms with van der Waals surface area (Å²) in [6.07, 6.45) is 1.45. The van der Waals surface area contributed by atoms with Gasteiger partial charge in [-0.1, -0.05) is 0 Å². The lowest BCUT2D eigenvalue weighted by Gasteiger charge is -2.11. The van der Waals surface area contributed by atoms with Crippen LogP contribution in [0.25, 0.3) is 10.2 Å². The molecule has 0 unspecified atom stereocenters. The molecule has 2 heterocycles. The molecule has 0 saturated heterocycles. The van der Waals surface area contributed by atoms with Crippen molar-refractivity contribution in [2.24, 2.45) is 0 Å². The number of carbonyl (C=O) groups excluding carboxylic acids is 1. The van der Waals surface area contributed by atoms with Gasteiger partial charge in [0.1, 0.15) is 11.4 Å². The molecular weight excluding hydrogens is 250 g/mol. The van der Waals surface area contributed by atoms with E-state index in [2.05, 4.69) is 4.98 Å². The molecular formula is C12H15N3O2S. The quantitative estimate of drug-likeness (QED) is 0.819. The first-order chi connectivity index (χ1) is 8.41. The summed E-state index contributed by atoms with van der Waals surface area (Å²) in [4.78, 5) is 31.4. The highest BCUT2D eigenvalue weighted by atomic mass is 32.1. The summed E-state index contributed by atoms with van der Waals surface area (Å²) < 4.78 is 1.36. The maximum atomic E-state index is 12.3. The summed E-state index contributed by atoms with van der Waals surface area (Å²) in [5.74, 6) is -0.122. The Morgan fingerprint density at radius 2 is 2.11 bits per heavy atom. The fourth-order valence-corrected chi connectivity index (χ4v) is 2.66. The van der Waals surface area contributed by atoms with Crippen LogP contribution >= 0.6 is 11.3 Å². The zero-order valence-electron chi connectivity index (χ0n) is 10.9. The zero-order chi connectivity index (χ0) is 13.4. The third-order valence-corrected chi connectivity index (χ3v) is 4.08.